The van der Waals surface area contributed by atoms with Gasteiger partial charge in [0.15, 0.2) is 0 Å². The molecule has 1 aliphatic heterocycles. The van der Waals surface area contributed by atoms with E-state index in [1.54, 1.807) is 33.3 Å². The van der Waals surface area contributed by atoms with Gasteiger partial charge in [0.1, 0.15) is 23.2 Å². The van der Waals surface area contributed by atoms with Crippen LogP contribution < -0.4 is 14.2 Å². The normalized spacial score (nSPS) is 17.7. The number of carbonyl (C=O) groups is 2. The van der Waals surface area contributed by atoms with Gasteiger partial charge in [0, 0.05) is 17.5 Å². The summed E-state index contributed by atoms with van der Waals surface area (Å²) in [5, 5.41) is 8.35. The Balaban J connectivity index is 2.07. The highest BCUT2D eigenvalue weighted by atomic mass is 16.5. The Labute approximate surface area is 199 Å². The van der Waals surface area contributed by atoms with Crippen molar-refractivity contribution in [3.05, 3.63) is 42.0 Å². The van der Waals surface area contributed by atoms with E-state index in [1.165, 1.54) is 0 Å². The van der Waals surface area contributed by atoms with Crippen LogP contribution in [0.4, 0.5) is 0 Å². The molecule has 0 saturated heterocycles. The monoisotopic (exact) mass is 469 g/mol. The fourth-order valence-corrected chi connectivity index (χ4v) is 3.90. The molecule has 0 aromatic heterocycles. The molecule has 0 saturated carbocycles. The largest absolute Gasteiger partial charge is 0.497 e. The van der Waals surface area contributed by atoms with E-state index >= 15 is 0 Å². The van der Waals surface area contributed by atoms with E-state index in [4.69, 9.17) is 29.1 Å². The maximum Gasteiger partial charge on any atom is 0.319 e. The molecule has 182 valence electrons. The third-order valence-corrected chi connectivity index (χ3v) is 5.83. The number of benzene rings is 2. The van der Waals surface area contributed by atoms with E-state index in [0.29, 0.717) is 29.2 Å². The number of ether oxygens (including phenoxy) is 5. The van der Waals surface area contributed by atoms with Crippen LogP contribution in [0.25, 0.3) is 11.1 Å². The molecule has 3 rings (SSSR count). The van der Waals surface area contributed by atoms with Crippen LogP contribution in [0.2, 0.25) is 0 Å². The van der Waals surface area contributed by atoms with E-state index in [0.717, 1.165) is 11.1 Å². The van der Waals surface area contributed by atoms with Crippen LogP contribution in [0.1, 0.15) is 45.1 Å². The van der Waals surface area contributed by atoms with Crippen LogP contribution >= 0.6 is 0 Å². The summed E-state index contributed by atoms with van der Waals surface area (Å²) in [6, 6.07) is 11.0. The number of carbonyl (C=O) groups excluding carboxylic acids is 2. The van der Waals surface area contributed by atoms with Crippen molar-refractivity contribution >= 4 is 17.8 Å². The molecule has 0 bridgehead atoms. The topological polar surface area (TPSA) is 104 Å². The molecular weight excluding hydrogens is 438 g/mol. The van der Waals surface area contributed by atoms with Gasteiger partial charge in [-0.05, 0) is 55.7 Å². The first kappa shape index (κ1) is 25.1. The fraction of sp³-hybridized carbons (Fsp3) is 0.423. The van der Waals surface area contributed by atoms with Crippen molar-refractivity contribution in [3.63, 3.8) is 0 Å². The molecule has 34 heavy (non-hydrogen) atoms. The lowest BCUT2D eigenvalue weighted by atomic mass is 9.80. The van der Waals surface area contributed by atoms with Gasteiger partial charge in [0.2, 0.25) is 5.90 Å². The van der Waals surface area contributed by atoms with E-state index in [1.807, 2.05) is 38.1 Å². The lowest BCUT2D eigenvalue weighted by Crippen LogP contribution is -2.39. The molecule has 0 amide bonds. The zero-order chi connectivity index (χ0) is 24.8. The smallest absolute Gasteiger partial charge is 0.319 e. The Morgan fingerprint density at radius 3 is 2.29 bits per heavy atom. The molecule has 1 N–H and O–H groups in total. The van der Waals surface area contributed by atoms with Crippen molar-refractivity contribution < 1.29 is 33.3 Å². The summed E-state index contributed by atoms with van der Waals surface area (Å²) in [6.45, 7) is 5.59. The number of hydrogen-bond acceptors (Lipinski definition) is 8. The van der Waals surface area contributed by atoms with Crippen LogP contribution in [0.3, 0.4) is 0 Å². The Morgan fingerprint density at radius 1 is 1.03 bits per heavy atom. The molecule has 0 spiro atoms. The van der Waals surface area contributed by atoms with Gasteiger partial charge < -0.3 is 23.7 Å². The minimum atomic E-state index is -1.05. The molecule has 2 aromatic carbocycles. The summed E-state index contributed by atoms with van der Waals surface area (Å²) in [5.41, 5.74) is 2.28. The number of rotatable bonds is 9. The van der Waals surface area contributed by atoms with Crippen LogP contribution in [0.5, 0.6) is 17.2 Å². The first-order chi connectivity index (χ1) is 16.3. The number of fused-ring (bicyclic) bond motifs is 1. The van der Waals surface area contributed by atoms with Crippen LogP contribution in [-0.4, -0.2) is 44.8 Å². The van der Waals surface area contributed by atoms with Crippen molar-refractivity contribution in [2.45, 2.75) is 45.6 Å². The van der Waals surface area contributed by atoms with Crippen molar-refractivity contribution in [2.24, 2.45) is 5.92 Å². The maximum absolute atomic E-state index is 12.8. The molecule has 1 heterocycles. The fourth-order valence-electron chi connectivity index (χ4n) is 3.90. The standard InChI is InChI=1S/C26H31NO7/c1-6-15(3)33-23(28)14-21-20-12-16(17-10-18(30-4)13-19(11-17)31-5)8-9-22(20)34-25(27)24(21)26(29)32-7-2/h8-13,15,21,24,27H,6-7,14H2,1-5H3/t15-,21+,24?/m0/s1. The van der Waals surface area contributed by atoms with Crippen molar-refractivity contribution in [3.8, 4) is 28.4 Å². The van der Waals surface area contributed by atoms with Crippen molar-refractivity contribution in [1.29, 1.82) is 5.41 Å². The second kappa shape index (κ2) is 11.0. The molecule has 1 unspecified atom stereocenters. The number of methoxy groups -OCH3 is 2. The number of esters is 2. The number of hydrogen-bond donors (Lipinski definition) is 1. The van der Waals surface area contributed by atoms with Gasteiger partial charge in [-0.1, -0.05) is 13.0 Å². The highest BCUT2D eigenvalue weighted by Gasteiger charge is 2.43. The molecule has 8 nitrogen and oxygen atoms in total. The lowest BCUT2D eigenvalue weighted by Gasteiger charge is -2.32. The van der Waals surface area contributed by atoms with Crippen LogP contribution in [0.15, 0.2) is 36.4 Å². The summed E-state index contributed by atoms with van der Waals surface area (Å²) in [6.07, 6.45) is 0.342. The minimum Gasteiger partial charge on any atom is -0.497 e. The predicted molar refractivity (Wildman–Crippen MR) is 127 cm³/mol. The molecular formula is C26H31NO7. The molecule has 0 radical (unpaired) electrons. The summed E-state index contributed by atoms with van der Waals surface area (Å²) >= 11 is 0. The van der Waals surface area contributed by atoms with E-state index in [2.05, 4.69) is 0 Å². The Hall–Kier alpha value is -3.55. The molecule has 3 atom stereocenters. The molecule has 0 fully saturated rings. The molecule has 2 aromatic rings. The molecule has 8 heteroatoms. The first-order valence-electron chi connectivity index (χ1n) is 11.3. The third kappa shape index (κ3) is 5.50. The van der Waals surface area contributed by atoms with Crippen LogP contribution in [-0.2, 0) is 19.1 Å². The average molecular weight is 470 g/mol. The minimum absolute atomic E-state index is 0.0859. The zero-order valence-electron chi connectivity index (χ0n) is 20.2. The van der Waals surface area contributed by atoms with E-state index < -0.39 is 23.8 Å². The van der Waals surface area contributed by atoms with Gasteiger partial charge in [-0.15, -0.1) is 0 Å². The molecule has 1 aliphatic rings. The lowest BCUT2D eigenvalue weighted by molar-refractivity contribution is -0.150. The van der Waals surface area contributed by atoms with Gasteiger partial charge in [0.25, 0.3) is 0 Å². The Kier molecular flexibility index (Phi) is 8.15. The summed E-state index contributed by atoms with van der Waals surface area (Å²) in [7, 11) is 3.15. The highest BCUT2D eigenvalue weighted by molar-refractivity contribution is 6.00. The van der Waals surface area contributed by atoms with E-state index in [9.17, 15) is 9.59 Å². The zero-order valence-corrected chi connectivity index (χ0v) is 20.2. The Morgan fingerprint density at radius 2 is 1.71 bits per heavy atom. The van der Waals surface area contributed by atoms with Crippen molar-refractivity contribution in [1.82, 2.24) is 0 Å². The van der Waals surface area contributed by atoms with Gasteiger partial charge in [-0.3, -0.25) is 15.0 Å². The summed E-state index contributed by atoms with van der Waals surface area (Å²) in [5.74, 6) is -1.33. The van der Waals surface area contributed by atoms with Crippen LogP contribution in [0, 0.1) is 11.3 Å². The third-order valence-electron chi connectivity index (χ3n) is 5.83. The second-order valence-electron chi connectivity index (χ2n) is 8.07. The number of nitrogens with one attached hydrogen (secondary N) is 1. The second-order valence-corrected chi connectivity index (χ2v) is 8.07. The predicted octanol–water partition coefficient (Wildman–Crippen LogP) is 4.74. The molecule has 0 aliphatic carbocycles. The summed E-state index contributed by atoms with van der Waals surface area (Å²) in [4.78, 5) is 25.5. The van der Waals surface area contributed by atoms with Gasteiger partial charge >= 0.3 is 11.9 Å². The van der Waals surface area contributed by atoms with E-state index in [-0.39, 0.29) is 25.0 Å². The Bertz CT molecular complexity index is 1040. The SMILES string of the molecule is CCOC(=O)C1C(=N)Oc2ccc(-c3cc(OC)cc(OC)c3)cc2[C@H]1CC(=O)O[C@@H](C)CC. The van der Waals surface area contributed by atoms with Gasteiger partial charge in [-0.25, -0.2) is 0 Å². The van der Waals surface area contributed by atoms with Gasteiger partial charge in [-0.2, -0.15) is 0 Å². The first-order valence-corrected chi connectivity index (χ1v) is 11.3. The highest BCUT2D eigenvalue weighted by Crippen LogP contribution is 2.43. The quantitative estimate of drug-likeness (QED) is 0.529. The average Bonchev–Trinajstić information content (AvgIpc) is 2.83. The maximum atomic E-state index is 12.8. The van der Waals surface area contributed by atoms with Gasteiger partial charge in [0.05, 0.1) is 33.4 Å². The summed E-state index contributed by atoms with van der Waals surface area (Å²) < 4.78 is 27.2. The van der Waals surface area contributed by atoms with Crippen molar-refractivity contribution in [2.75, 3.05) is 20.8 Å².